The predicted octanol–water partition coefficient (Wildman–Crippen LogP) is 2.25. The van der Waals surface area contributed by atoms with Crippen LogP contribution in [0.25, 0.3) is 0 Å². The van der Waals surface area contributed by atoms with Gasteiger partial charge in [-0.2, -0.15) is 0 Å². The first-order valence-corrected chi connectivity index (χ1v) is 9.16. The molecule has 0 radical (unpaired) electrons. The van der Waals surface area contributed by atoms with Gasteiger partial charge in [0.1, 0.15) is 12.4 Å². The van der Waals surface area contributed by atoms with Crippen LogP contribution >= 0.6 is 0 Å². The zero-order valence-electron chi connectivity index (χ0n) is 15.5. The predicted molar refractivity (Wildman–Crippen MR) is 103 cm³/mol. The zero-order chi connectivity index (χ0) is 18.9. The minimum atomic E-state index is -0.474. The lowest BCUT2D eigenvalue weighted by Gasteiger charge is -2.34. The molecular weight excluding hydrogens is 346 g/mol. The van der Waals surface area contributed by atoms with Crippen LogP contribution in [0.3, 0.4) is 0 Å². The molecule has 2 heterocycles. The van der Waals surface area contributed by atoms with Crippen molar-refractivity contribution in [3.63, 3.8) is 0 Å². The smallest absolute Gasteiger partial charge is 0.411 e. The minimum absolute atomic E-state index is 0.338. The van der Waals surface area contributed by atoms with Gasteiger partial charge in [0, 0.05) is 45.1 Å². The average molecular weight is 371 g/mol. The van der Waals surface area contributed by atoms with Crippen molar-refractivity contribution >= 4 is 17.7 Å². The number of amides is 1. The maximum Gasteiger partial charge on any atom is 0.411 e. The number of hydrogen-bond acceptors (Lipinski definition) is 7. The highest BCUT2D eigenvalue weighted by molar-refractivity contribution is 5.86. The Labute approximate surface area is 159 Å². The monoisotopic (exact) mass is 371 g/mol. The highest BCUT2D eigenvalue weighted by atomic mass is 16.5. The van der Waals surface area contributed by atoms with Crippen LogP contribution < -0.4 is 15.0 Å². The van der Waals surface area contributed by atoms with Crippen molar-refractivity contribution in [1.82, 2.24) is 14.9 Å². The van der Waals surface area contributed by atoms with Gasteiger partial charge in [-0.3, -0.25) is 10.2 Å². The third-order valence-corrected chi connectivity index (χ3v) is 4.27. The molecule has 0 atom stereocenters. The molecule has 1 N–H and O–H groups in total. The summed E-state index contributed by atoms with van der Waals surface area (Å²) in [6.45, 7) is 6.96. The lowest BCUT2D eigenvalue weighted by atomic mass is 10.3. The molecule has 144 valence electrons. The second-order valence-electron chi connectivity index (χ2n) is 6.07. The highest BCUT2D eigenvalue weighted by Crippen LogP contribution is 2.23. The van der Waals surface area contributed by atoms with Crippen LogP contribution in [-0.2, 0) is 4.74 Å². The van der Waals surface area contributed by atoms with Crippen LogP contribution in [0, 0.1) is 0 Å². The number of ether oxygens (including phenoxy) is 2. The number of nitrogens with one attached hydrogen (secondary N) is 1. The molecule has 27 heavy (non-hydrogen) atoms. The molecule has 2 aromatic rings. The molecule has 8 nitrogen and oxygen atoms in total. The van der Waals surface area contributed by atoms with E-state index in [1.807, 2.05) is 31.2 Å². The number of anilines is 2. The first-order valence-electron chi connectivity index (χ1n) is 9.16. The van der Waals surface area contributed by atoms with Gasteiger partial charge in [0.15, 0.2) is 0 Å². The fourth-order valence-electron chi connectivity index (χ4n) is 2.89. The van der Waals surface area contributed by atoms with E-state index in [1.165, 1.54) is 0 Å². The van der Waals surface area contributed by atoms with Gasteiger partial charge in [0.25, 0.3) is 0 Å². The van der Waals surface area contributed by atoms with Gasteiger partial charge in [-0.05, 0) is 25.1 Å². The van der Waals surface area contributed by atoms with Gasteiger partial charge in [0.2, 0.25) is 5.95 Å². The number of para-hydroxylation sites is 2. The molecular formula is C19H25N5O3. The van der Waals surface area contributed by atoms with Crippen LogP contribution in [0.1, 0.15) is 6.92 Å². The van der Waals surface area contributed by atoms with Crippen molar-refractivity contribution < 1.29 is 14.3 Å². The number of benzene rings is 1. The SMILES string of the molecule is CCOc1ccccc1NC(=O)OCCN1CCN(c2ncccn2)CC1. The number of rotatable bonds is 7. The first kappa shape index (κ1) is 18.9. The van der Waals surface area contributed by atoms with E-state index in [-0.39, 0.29) is 0 Å². The van der Waals surface area contributed by atoms with Crippen LogP contribution in [0.15, 0.2) is 42.7 Å². The summed E-state index contributed by atoms with van der Waals surface area (Å²) in [7, 11) is 0. The van der Waals surface area contributed by atoms with Gasteiger partial charge in [0.05, 0.1) is 12.3 Å². The summed E-state index contributed by atoms with van der Waals surface area (Å²) in [5.41, 5.74) is 0.612. The quantitative estimate of drug-likeness (QED) is 0.799. The molecule has 1 aromatic carbocycles. The number of carbonyl (C=O) groups is 1. The molecule has 1 fully saturated rings. The molecule has 3 rings (SSSR count). The Morgan fingerprint density at radius 1 is 1.11 bits per heavy atom. The largest absolute Gasteiger partial charge is 0.492 e. The Hall–Kier alpha value is -2.87. The average Bonchev–Trinajstić information content (AvgIpc) is 2.71. The molecule has 0 unspecified atom stereocenters. The van der Waals surface area contributed by atoms with Gasteiger partial charge in [-0.25, -0.2) is 14.8 Å². The van der Waals surface area contributed by atoms with E-state index in [1.54, 1.807) is 18.5 Å². The molecule has 8 heteroatoms. The topological polar surface area (TPSA) is 79.8 Å². The second-order valence-corrected chi connectivity index (χ2v) is 6.07. The van der Waals surface area contributed by atoms with Crippen molar-refractivity contribution in [2.75, 3.05) is 56.2 Å². The Balaban J connectivity index is 1.37. The van der Waals surface area contributed by atoms with Gasteiger partial charge < -0.3 is 14.4 Å². The van der Waals surface area contributed by atoms with E-state index in [0.29, 0.717) is 31.2 Å². The van der Waals surface area contributed by atoms with Crippen LogP contribution in [0.2, 0.25) is 0 Å². The van der Waals surface area contributed by atoms with Crippen LogP contribution in [0.4, 0.5) is 16.4 Å². The van der Waals surface area contributed by atoms with Crippen molar-refractivity contribution in [2.24, 2.45) is 0 Å². The first-order chi connectivity index (χ1) is 13.3. The Morgan fingerprint density at radius 3 is 2.59 bits per heavy atom. The number of carbonyl (C=O) groups excluding carboxylic acids is 1. The lowest BCUT2D eigenvalue weighted by molar-refractivity contribution is 0.137. The van der Waals surface area contributed by atoms with E-state index >= 15 is 0 Å². The molecule has 1 saturated heterocycles. The molecule has 1 aliphatic heterocycles. The maximum absolute atomic E-state index is 12.0. The Morgan fingerprint density at radius 2 is 1.85 bits per heavy atom. The van der Waals surface area contributed by atoms with Crippen molar-refractivity contribution in [3.05, 3.63) is 42.7 Å². The molecule has 0 bridgehead atoms. The van der Waals surface area contributed by atoms with Crippen molar-refractivity contribution in [1.29, 1.82) is 0 Å². The molecule has 1 aliphatic rings. The van der Waals surface area contributed by atoms with E-state index in [9.17, 15) is 4.79 Å². The summed E-state index contributed by atoms with van der Waals surface area (Å²) < 4.78 is 10.8. The van der Waals surface area contributed by atoms with E-state index in [0.717, 1.165) is 32.1 Å². The standard InChI is InChI=1S/C19H25N5O3/c1-2-26-17-7-4-3-6-16(17)22-19(25)27-15-14-23-10-12-24(13-11-23)18-20-8-5-9-21-18/h3-9H,2,10-15H2,1H3,(H,22,25). The van der Waals surface area contributed by atoms with Gasteiger partial charge in [-0.15, -0.1) is 0 Å². The minimum Gasteiger partial charge on any atom is -0.492 e. The van der Waals surface area contributed by atoms with Crippen LogP contribution in [0.5, 0.6) is 5.75 Å². The molecule has 0 spiro atoms. The summed E-state index contributed by atoms with van der Waals surface area (Å²) in [5, 5.41) is 2.73. The number of hydrogen-bond donors (Lipinski definition) is 1. The maximum atomic E-state index is 12.0. The fraction of sp³-hybridized carbons (Fsp3) is 0.421. The van der Waals surface area contributed by atoms with Gasteiger partial charge >= 0.3 is 6.09 Å². The van der Waals surface area contributed by atoms with Crippen molar-refractivity contribution in [2.45, 2.75) is 6.92 Å². The summed E-state index contributed by atoms with van der Waals surface area (Å²) in [6, 6.07) is 9.12. The Bertz CT molecular complexity index is 720. The summed E-state index contributed by atoms with van der Waals surface area (Å²) in [6.07, 6.45) is 3.04. The third kappa shape index (κ3) is 5.55. The van der Waals surface area contributed by atoms with E-state index in [4.69, 9.17) is 9.47 Å². The second kappa shape index (κ2) is 9.72. The van der Waals surface area contributed by atoms with E-state index in [2.05, 4.69) is 25.1 Å². The molecule has 1 aromatic heterocycles. The summed E-state index contributed by atoms with van der Waals surface area (Å²) >= 11 is 0. The highest BCUT2D eigenvalue weighted by Gasteiger charge is 2.18. The number of aromatic nitrogens is 2. The zero-order valence-corrected chi connectivity index (χ0v) is 15.5. The number of nitrogens with zero attached hydrogens (tertiary/aromatic N) is 4. The number of piperazine rings is 1. The molecule has 0 saturated carbocycles. The van der Waals surface area contributed by atoms with E-state index < -0.39 is 6.09 Å². The normalized spacial score (nSPS) is 14.6. The molecule has 1 amide bonds. The fourth-order valence-corrected chi connectivity index (χ4v) is 2.89. The Kier molecular flexibility index (Phi) is 6.81. The third-order valence-electron chi connectivity index (χ3n) is 4.27. The van der Waals surface area contributed by atoms with Gasteiger partial charge in [-0.1, -0.05) is 12.1 Å². The van der Waals surface area contributed by atoms with Crippen molar-refractivity contribution in [3.8, 4) is 5.75 Å². The summed E-state index contributed by atoms with van der Waals surface area (Å²) in [4.78, 5) is 25.0. The van der Waals surface area contributed by atoms with Crippen LogP contribution in [-0.4, -0.2) is 66.9 Å². The summed E-state index contributed by atoms with van der Waals surface area (Å²) in [5.74, 6) is 1.40. The lowest BCUT2D eigenvalue weighted by Crippen LogP contribution is -2.48. The molecule has 0 aliphatic carbocycles.